The Balaban J connectivity index is 1.72. The highest BCUT2D eigenvalue weighted by molar-refractivity contribution is 6.33. The van der Waals surface area contributed by atoms with Crippen molar-refractivity contribution in [2.24, 2.45) is 4.99 Å². The summed E-state index contributed by atoms with van der Waals surface area (Å²) in [5.74, 6) is 0.644. The Morgan fingerprint density at radius 3 is 2.96 bits per heavy atom. The lowest BCUT2D eigenvalue weighted by Gasteiger charge is -2.10. The van der Waals surface area contributed by atoms with Gasteiger partial charge in [-0.2, -0.15) is 5.10 Å². The van der Waals surface area contributed by atoms with Crippen LogP contribution >= 0.6 is 11.6 Å². The number of benzene rings is 1. The van der Waals surface area contributed by atoms with E-state index in [1.165, 1.54) is 0 Å². The number of anilines is 2. The van der Waals surface area contributed by atoms with Gasteiger partial charge in [-0.25, -0.2) is 9.97 Å². The second kappa shape index (κ2) is 6.37. The zero-order valence-corrected chi connectivity index (χ0v) is 14.1. The summed E-state index contributed by atoms with van der Waals surface area (Å²) in [5.41, 5.74) is 4.25. The molecule has 0 aliphatic rings. The standard InChI is InChI=1S/C17H14ClN7/c1-19-7-11-2-3-13(6-14(11)18)24-16-17-20-4-5-25(17)15(10-21-16)12-8-22-23-9-12/h2-10H,1H3,(H,21,24)(H,22,23). The van der Waals surface area contributed by atoms with Crippen molar-refractivity contribution in [2.45, 2.75) is 0 Å². The molecule has 0 amide bonds. The second-order valence-electron chi connectivity index (χ2n) is 5.35. The summed E-state index contributed by atoms with van der Waals surface area (Å²) >= 11 is 6.28. The first-order valence-electron chi connectivity index (χ1n) is 7.56. The zero-order chi connectivity index (χ0) is 17.2. The molecule has 0 spiro atoms. The number of nitrogens with one attached hydrogen (secondary N) is 2. The van der Waals surface area contributed by atoms with Crippen molar-refractivity contribution >= 4 is 35.0 Å². The highest BCUT2D eigenvalue weighted by Crippen LogP contribution is 2.26. The molecule has 4 aromatic rings. The summed E-state index contributed by atoms with van der Waals surface area (Å²) < 4.78 is 1.96. The number of aliphatic imine (C=N–C) groups is 1. The van der Waals surface area contributed by atoms with Gasteiger partial charge >= 0.3 is 0 Å². The van der Waals surface area contributed by atoms with E-state index in [0.717, 1.165) is 22.5 Å². The normalized spacial score (nSPS) is 11.4. The molecule has 0 saturated heterocycles. The maximum Gasteiger partial charge on any atom is 0.180 e. The fraction of sp³-hybridized carbons (Fsp3) is 0.0588. The highest BCUT2D eigenvalue weighted by Gasteiger charge is 2.11. The molecule has 0 saturated carbocycles. The molecular formula is C17H14ClN7. The number of H-pyrrole nitrogens is 1. The van der Waals surface area contributed by atoms with Crippen molar-refractivity contribution in [1.82, 2.24) is 24.6 Å². The summed E-state index contributed by atoms with van der Waals surface area (Å²) in [6.07, 6.45) is 10.7. The van der Waals surface area contributed by atoms with E-state index in [1.807, 2.05) is 35.0 Å². The largest absolute Gasteiger partial charge is 0.337 e. The van der Waals surface area contributed by atoms with Gasteiger partial charge in [0.25, 0.3) is 0 Å². The van der Waals surface area contributed by atoms with E-state index in [2.05, 4.69) is 30.5 Å². The van der Waals surface area contributed by atoms with E-state index in [1.54, 1.807) is 31.9 Å². The van der Waals surface area contributed by atoms with E-state index >= 15 is 0 Å². The van der Waals surface area contributed by atoms with Crippen LogP contribution in [0.1, 0.15) is 5.56 Å². The van der Waals surface area contributed by atoms with Crippen LogP contribution in [0.2, 0.25) is 5.02 Å². The first-order chi connectivity index (χ1) is 12.3. The molecule has 0 bridgehead atoms. The van der Waals surface area contributed by atoms with Crippen molar-refractivity contribution in [1.29, 1.82) is 0 Å². The van der Waals surface area contributed by atoms with E-state index in [4.69, 9.17) is 11.6 Å². The van der Waals surface area contributed by atoms with Gasteiger partial charge in [-0.3, -0.25) is 14.5 Å². The molecule has 7 nitrogen and oxygen atoms in total. The number of halogens is 1. The van der Waals surface area contributed by atoms with Gasteiger partial charge in [0.15, 0.2) is 11.5 Å². The van der Waals surface area contributed by atoms with Crippen LogP contribution in [0.25, 0.3) is 16.9 Å². The Kier molecular flexibility index (Phi) is 3.91. The third kappa shape index (κ3) is 2.85. The molecule has 25 heavy (non-hydrogen) atoms. The number of aromatic amines is 1. The van der Waals surface area contributed by atoms with Gasteiger partial charge in [-0.05, 0) is 18.2 Å². The molecule has 0 atom stereocenters. The maximum absolute atomic E-state index is 6.28. The summed E-state index contributed by atoms with van der Waals surface area (Å²) in [7, 11) is 1.71. The molecule has 1 aromatic carbocycles. The van der Waals surface area contributed by atoms with Crippen LogP contribution in [0.4, 0.5) is 11.5 Å². The van der Waals surface area contributed by atoms with Crippen LogP contribution in [0.3, 0.4) is 0 Å². The number of rotatable bonds is 4. The van der Waals surface area contributed by atoms with Crippen molar-refractivity contribution < 1.29 is 0 Å². The Hall–Kier alpha value is -3.19. The minimum absolute atomic E-state index is 0.616. The predicted octanol–water partition coefficient (Wildman–Crippen LogP) is 3.57. The number of hydrogen-bond donors (Lipinski definition) is 2. The molecule has 0 fully saturated rings. The number of aromatic nitrogens is 5. The molecule has 0 aliphatic carbocycles. The van der Waals surface area contributed by atoms with Crippen LogP contribution in [-0.4, -0.2) is 37.8 Å². The van der Waals surface area contributed by atoms with Gasteiger partial charge in [0.1, 0.15) is 0 Å². The van der Waals surface area contributed by atoms with Crippen LogP contribution in [0.15, 0.2) is 54.2 Å². The van der Waals surface area contributed by atoms with Gasteiger partial charge in [-0.1, -0.05) is 11.6 Å². The van der Waals surface area contributed by atoms with Crippen LogP contribution in [0.5, 0.6) is 0 Å². The monoisotopic (exact) mass is 351 g/mol. The SMILES string of the molecule is CN=Cc1ccc(Nc2ncc(-c3cn[nH]c3)n3ccnc23)cc1Cl. The van der Waals surface area contributed by atoms with Crippen LogP contribution < -0.4 is 5.32 Å². The van der Waals surface area contributed by atoms with Crippen molar-refractivity contribution in [2.75, 3.05) is 12.4 Å². The fourth-order valence-electron chi connectivity index (χ4n) is 2.60. The molecule has 3 heterocycles. The van der Waals surface area contributed by atoms with E-state index in [0.29, 0.717) is 16.5 Å². The molecule has 3 aromatic heterocycles. The first-order valence-corrected chi connectivity index (χ1v) is 7.94. The highest BCUT2D eigenvalue weighted by atomic mass is 35.5. The smallest absolute Gasteiger partial charge is 0.180 e. The van der Waals surface area contributed by atoms with Crippen molar-refractivity contribution in [3.63, 3.8) is 0 Å². The summed E-state index contributed by atoms with van der Waals surface area (Å²) in [5, 5.41) is 10.7. The van der Waals surface area contributed by atoms with Gasteiger partial charge in [0.05, 0.1) is 23.1 Å². The average molecular weight is 352 g/mol. The Labute approximate surface area is 148 Å². The van der Waals surface area contributed by atoms with Crippen molar-refractivity contribution in [3.8, 4) is 11.3 Å². The molecule has 124 valence electrons. The van der Waals surface area contributed by atoms with E-state index in [-0.39, 0.29) is 0 Å². The van der Waals surface area contributed by atoms with Crippen molar-refractivity contribution in [3.05, 3.63) is 59.8 Å². The number of nitrogens with zero attached hydrogens (tertiary/aromatic N) is 5. The van der Waals surface area contributed by atoms with Gasteiger partial charge < -0.3 is 5.32 Å². The van der Waals surface area contributed by atoms with Gasteiger partial charge in [0.2, 0.25) is 0 Å². The third-order valence-corrected chi connectivity index (χ3v) is 4.08. The number of hydrogen-bond acceptors (Lipinski definition) is 5. The summed E-state index contributed by atoms with van der Waals surface area (Å²) in [6.45, 7) is 0. The quantitative estimate of drug-likeness (QED) is 0.550. The minimum Gasteiger partial charge on any atom is -0.337 e. The molecule has 4 rings (SSSR count). The zero-order valence-electron chi connectivity index (χ0n) is 13.3. The topological polar surface area (TPSA) is 83.3 Å². The first kappa shape index (κ1) is 15.3. The lowest BCUT2D eigenvalue weighted by atomic mass is 10.2. The second-order valence-corrected chi connectivity index (χ2v) is 5.76. The molecule has 2 N–H and O–H groups in total. The lowest BCUT2D eigenvalue weighted by molar-refractivity contribution is 1.09. The predicted molar refractivity (Wildman–Crippen MR) is 98.8 cm³/mol. The molecule has 0 unspecified atom stereocenters. The minimum atomic E-state index is 0.616. The van der Waals surface area contributed by atoms with Gasteiger partial charge in [0, 0.05) is 48.7 Å². The van der Waals surface area contributed by atoms with Gasteiger partial charge in [-0.15, -0.1) is 0 Å². The Morgan fingerprint density at radius 1 is 1.28 bits per heavy atom. The maximum atomic E-state index is 6.28. The van der Waals surface area contributed by atoms with E-state index < -0.39 is 0 Å². The molecule has 8 heteroatoms. The average Bonchev–Trinajstić information content (AvgIpc) is 3.29. The molecule has 0 aliphatic heterocycles. The number of imidazole rings is 1. The third-order valence-electron chi connectivity index (χ3n) is 3.75. The molecular weight excluding hydrogens is 338 g/mol. The summed E-state index contributed by atoms with van der Waals surface area (Å²) in [6, 6.07) is 5.66. The van der Waals surface area contributed by atoms with E-state index in [9.17, 15) is 0 Å². The Bertz CT molecular complexity index is 1050. The Morgan fingerprint density at radius 2 is 2.20 bits per heavy atom. The molecule has 0 radical (unpaired) electrons. The number of fused-ring (bicyclic) bond motifs is 1. The lowest BCUT2D eigenvalue weighted by Crippen LogP contribution is -2.00. The fourth-order valence-corrected chi connectivity index (χ4v) is 2.83. The van der Waals surface area contributed by atoms with Crippen LogP contribution in [-0.2, 0) is 0 Å². The van der Waals surface area contributed by atoms with Crippen LogP contribution in [0, 0.1) is 0 Å². The summed E-state index contributed by atoms with van der Waals surface area (Å²) in [4.78, 5) is 12.9.